The van der Waals surface area contributed by atoms with Crippen molar-refractivity contribution in [1.29, 1.82) is 0 Å². The van der Waals surface area contributed by atoms with Gasteiger partial charge in [0, 0.05) is 12.2 Å². The SMILES string of the molecule is C=CC(=O)OC1=CC=C2C=C(c3ccc(OC(=O)C=C)cc3)C(=O)OC2C1C. The van der Waals surface area contributed by atoms with Gasteiger partial charge in [-0.15, -0.1) is 0 Å². The van der Waals surface area contributed by atoms with Gasteiger partial charge in [0.1, 0.15) is 17.6 Å². The largest absolute Gasteiger partial charge is 0.453 e. The Morgan fingerprint density at radius 2 is 1.68 bits per heavy atom. The molecule has 1 aromatic carbocycles. The van der Waals surface area contributed by atoms with E-state index in [4.69, 9.17) is 14.2 Å². The highest BCUT2D eigenvalue weighted by Crippen LogP contribution is 2.36. The van der Waals surface area contributed by atoms with Crippen molar-refractivity contribution in [3.05, 3.63) is 84.7 Å². The van der Waals surface area contributed by atoms with E-state index in [1.807, 2.05) is 6.92 Å². The third-order valence-corrected chi connectivity index (χ3v) is 4.37. The Morgan fingerprint density at radius 1 is 1.04 bits per heavy atom. The fraction of sp³-hybridized carbons (Fsp3) is 0.136. The average Bonchev–Trinajstić information content (AvgIpc) is 2.70. The van der Waals surface area contributed by atoms with E-state index in [2.05, 4.69) is 13.2 Å². The monoisotopic (exact) mass is 378 g/mol. The average molecular weight is 378 g/mol. The van der Waals surface area contributed by atoms with E-state index in [-0.39, 0.29) is 5.92 Å². The van der Waals surface area contributed by atoms with Crippen molar-refractivity contribution in [1.82, 2.24) is 0 Å². The molecule has 2 atom stereocenters. The fourth-order valence-electron chi connectivity index (χ4n) is 2.91. The molecule has 3 rings (SSSR count). The summed E-state index contributed by atoms with van der Waals surface area (Å²) in [5, 5.41) is 0. The van der Waals surface area contributed by atoms with Crippen LogP contribution in [0.3, 0.4) is 0 Å². The molecule has 6 heteroatoms. The summed E-state index contributed by atoms with van der Waals surface area (Å²) < 4.78 is 15.8. The van der Waals surface area contributed by atoms with E-state index in [9.17, 15) is 14.4 Å². The van der Waals surface area contributed by atoms with E-state index in [1.54, 1.807) is 42.5 Å². The third-order valence-electron chi connectivity index (χ3n) is 4.37. The second-order valence-electron chi connectivity index (χ2n) is 6.18. The van der Waals surface area contributed by atoms with Crippen molar-refractivity contribution < 1.29 is 28.6 Å². The summed E-state index contributed by atoms with van der Waals surface area (Å²) in [6.07, 6.45) is 6.79. The zero-order valence-electron chi connectivity index (χ0n) is 15.2. The Bertz CT molecular complexity index is 946. The van der Waals surface area contributed by atoms with Crippen molar-refractivity contribution in [2.45, 2.75) is 13.0 Å². The molecule has 0 fully saturated rings. The van der Waals surface area contributed by atoms with Gasteiger partial charge in [-0.2, -0.15) is 0 Å². The molecular formula is C22H18O6. The van der Waals surface area contributed by atoms with Gasteiger partial charge in [0.25, 0.3) is 0 Å². The minimum absolute atomic E-state index is 0.314. The van der Waals surface area contributed by atoms with E-state index < -0.39 is 24.0 Å². The van der Waals surface area contributed by atoms with Crippen LogP contribution in [0.15, 0.2) is 79.1 Å². The van der Waals surface area contributed by atoms with E-state index in [0.29, 0.717) is 22.6 Å². The van der Waals surface area contributed by atoms with Gasteiger partial charge in [-0.3, -0.25) is 0 Å². The highest BCUT2D eigenvalue weighted by molar-refractivity contribution is 6.18. The van der Waals surface area contributed by atoms with Crippen LogP contribution in [0, 0.1) is 5.92 Å². The number of carbonyl (C=O) groups is 3. The molecule has 142 valence electrons. The van der Waals surface area contributed by atoms with E-state index >= 15 is 0 Å². The number of carbonyl (C=O) groups excluding carboxylic acids is 3. The number of hydrogen-bond acceptors (Lipinski definition) is 6. The molecule has 0 bridgehead atoms. The number of esters is 3. The predicted octanol–water partition coefficient (Wildman–Crippen LogP) is 3.28. The van der Waals surface area contributed by atoms with Crippen LogP contribution < -0.4 is 4.74 Å². The Hall–Kier alpha value is -3.67. The smallest absolute Gasteiger partial charge is 0.339 e. The lowest BCUT2D eigenvalue weighted by atomic mass is 9.86. The molecule has 2 unspecified atom stereocenters. The van der Waals surface area contributed by atoms with E-state index in [1.165, 1.54) is 0 Å². The Balaban J connectivity index is 1.86. The minimum Gasteiger partial charge on any atom is -0.453 e. The van der Waals surface area contributed by atoms with Crippen LogP contribution in [-0.2, 0) is 23.9 Å². The van der Waals surface area contributed by atoms with Gasteiger partial charge in [-0.05, 0) is 35.4 Å². The molecule has 2 aliphatic rings. The minimum atomic E-state index is -0.564. The van der Waals surface area contributed by atoms with Crippen molar-refractivity contribution in [3.8, 4) is 5.75 Å². The van der Waals surface area contributed by atoms with Gasteiger partial charge in [-0.1, -0.05) is 38.3 Å². The van der Waals surface area contributed by atoms with Gasteiger partial charge in [-0.25, -0.2) is 14.4 Å². The lowest BCUT2D eigenvalue weighted by Gasteiger charge is -2.32. The molecule has 6 nitrogen and oxygen atoms in total. The molecule has 1 aliphatic carbocycles. The molecule has 0 spiro atoms. The number of benzene rings is 1. The number of fused-ring (bicyclic) bond motifs is 1. The molecule has 0 saturated heterocycles. The second-order valence-corrected chi connectivity index (χ2v) is 6.18. The van der Waals surface area contributed by atoms with Gasteiger partial charge < -0.3 is 14.2 Å². The van der Waals surface area contributed by atoms with Crippen LogP contribution in [-0.4, -0.2) is 24.0 Å². The summed E-state index contributed by atoms with van der Waals surface area (Å²) in [6, 6.07) is 6.50. The Morgan fingerprint density at radius 3 is 2.32 bits per heavy atom. The first kappa shape index (κ1) is 19.1. The first-order valence-corrected chi connectivity index (χ1v) is 8.56. The Labute approximate surface area is 162 Å². The molecule has 1 aromatic rings. The van der Waals surface area contributed by atoms with Crippen molar-refractivity contribution in [3.63, 3.8) is 0 Å². The normalized spacial score (nSPS) is 20.5. The number of ether oxygens (including phenoxy) is 3. The van der Waals surface area contributed by atoms with Crippen LogP contribution >= 0.6 is 0 Å². The number of rotatable bonds is 5. The third kappa shape index (κ3) is 3.86. The zero-order chi connectivity index (χ0) is 20.3. The van der Waals surface area contributed by atoms with Crippen LogP contribution in [0.4, 0.5) is 0 Å². The maximum absolute atomic E-state index is 12.5. The van der Waals surface area contributed by atoms with Crippen molar-refractivity contribution in [2.24, 2.45) is 5.92 Å². The van der Waals surface area contributed by atoms with Crippen LogP contribution in [0.1, 0.15) is 12.5 Å². The van der Waals surface area contributed by atoms with Crippen LogP contribution in [0.5, 0.6) is 5.75 Å². The zero-order valence-corrected chi connectivity index (χ0v) is 15.2. The molecule has 0 aromatic heterocycles. The summed E-state index contributed by atoms with van der Waals surface area (Å²) in [4.78, 5) is 35.2. The fourth-order valence-corrected chi connectivity index (χ4v) is 2.91. The number of allylic oxidation sites excluding steroid dienone is 2. The Kier molecular flexibility index (Phi) is 5.40. The van der Waals surface area contributed by atoms with Crippen molar-refractivity contribution >= 4 is 23.5 Å². The van der Waals surface area contributed by atoms with Gasteiger partial charge in [0.2, 0.25) is 0 Å². The lowest BCUT2D eigenvalue weighted by Crippen LogP contribution is -2.34. The second kappa shape index (κ2) is 7.92. The predicted molar refractivity (Wildman–Crippen MR) is 102 cm³/mol. The highest BCUT2D eigenvalue weighted by Gasteiger charge is 2.36. The summed E-state index contributed by atoms with van der Waals surface area (Å²) in [5.74, 6) is -1.17. The molecule has 1 aliphatic heterocycles. The summed E-state index contributed by atoms with van der Waals surface area (Å²) in [5.41, 5.74) is 1.81. The molecule has 0 radical (unpaired) electrons. The maximum Gasteiger partial charge on any atom is 0.339 e. The topological polar surface area (TPSA) is 78.9 Å². The molecule has 0 N–H and O–H groups in total. The van der Waals surface area contributed by atoms with Gasteiger partial charge in [0.05, 0.1) is 11.5 Å². The molecule has 0 saturated carbocycles. The quantitative estimate of drug-likeness (QED) is 0.444. The first-order chi connectivity index (χ1) is 13.4. The van der Waals surface area contributed by atoms with Crippen molar-refractivity contribution in [2.75, 3.05) is 0 Å². The molecule has 28 heavy (non-hydrogen) atoms. The first-order valence-electron chi connectivity index (χ1n) is 8.56. The molecular weight excluding hydrogens is 360 g/mol. The standard InChI is InChI=1S/C22H18O6/c1-4-19(23)26-16-9-6-14(7-10-16)17-12-15-8-11-18(27-20(24)5-2)13(3)21(15)28-22(17)25/h4-13,21H,1-2H2,3H3. The van der Waals surface area contributed by atoms with Gasteiger partial charge in [0.15, 0.2) is 0 Å². The molecule has 0 amide bonds. The molecule has 1 heterocycles. The summed E-state index contributed by atoms with van der Waals surface area (Å²) in [6.45, 7) is 8.52. The van der Waals surface area contributed by atoms with Crippen LogP contribution in [0.2, 0.25) is 0 Å². The maximum atomic E-state index is 12.5. The lowest BCUT2D eigenvalue weighted by molar-refractivity contribution is -0.143. The van der Waals surface area contributed by atoms with Gasteiger partial charge >= 0.3 is 17.9 Å². The summed E-state index contributed by atoms with van der Waals surface area (Å²) in [7, 11) is 0. The highest BCUT2D eigenvalue weighted by atomic mass is 16.6. The van der Waals surface area contributed by atoms with Crippen LogP contribution in [0.25, 0.3) is 5.57 Å². The summed E-state index contributed by atoms with van der Waals surface area (Å²) >= 11 is 0. The van der Waals surface area contributed by atoms with E-state index in [0.717, 1.165) is 17.7 Å². The number of hydrogen-bond donors (Lipinski definition) is 0.